The van der Waals surface area contributed by atoms with E-state index in [0.29, 0.717) is 23.9 Å². The zero-order chi connectivity index (χ0) is 19.3. The van der Waals surface area contributed by atoms with Crippen LogP contribution in [0.5, 0.6) is 0 Å². The number of aliphatic carboxylic acids is 1. The lowest BCUT2D eigenvalue weighted by Crippen LogP contribution is -2.51. The van der Waals surface area contributed by atoms with Gasteiger partial charge in [0.25, 0.3) is 10.0 Å². The van der Waals surface area contributed by atoms with Crippen LogP contribution in [0.2, 0.25) is 0 Å². The van der Waals surface area contributed by atoms with Gasteiger partial charge in [-0.2, -0.15) is 0 Å². The van der Waals surface area contributed by atoms with Gasteiger partial charge in [-0.15, -0.1) is 0 Å². The molecule has 2 atom stereocenters. The Hall–Kier alpha value is -2.61. The molecule has 2 aliphatic heterocycles. The van der Waals surface area contributed by atoms with Crippen molar-refractivity contribution in [1.82, 2.24) is 4.90 Å². The highest BCUT2D eigenvalue weighted by Gasteiger charge is 2.39. The predicted molar refractivity (Wildman–Crippen MR) is 100 cm³/mol. The van der Waals surface area contributed by atoms with E-state index in [0.717, 1.165) is 9.69 Å². The van der Waals surface area contributed by atoms with E-state index in [4.69, 9.17) is 0 Å². The highest BCUT2D eigenvalue weighted by Crippen LogP contribution is 2.42. The first-order chi connectivity index (χ1) is 12.8. The molecule has 4 rings (SSSR count). The molecule has 7 nitrogen and oxygen atoms in total. The third-order valence-corrected chi connectivity index (χ3v) is 7.31. The summed E-state index contributed by atoms with van der Waals surface area (Å²) in [7, 11) is -3.81. The largest absolute Gasteiger partial charge is 0.481 e. The van der Waals surface area contributed by atoms with Crippen molar-refractivity contribution in [2.75, 3.05) is 17.4 Å². The summed E-state index contributed by atoms with van der Waals surface area (Å²) in [5.41, 5.74) is 0.496. The molecule has 2 aromatic carbocycles. The third-order valence-electron chi connectivity index (χ3n) is 5.51. The first-order valence-corrected chi connectivity index (χ1v) is 10.3. The Morgan fingerprint density at radius 3 is 2.56 bits per heavy atom. The number of carboxylic acid groups (broad SMARTS) is 1. The second kappa shape index (κ2) is 6.23. The lowest BCUT2D eigenvalue weighted by molar-refractivity contribution is -0.146. The number of anilines is 1. The fourth-order valence-corrected chi connectivity index (χ4v) is 5.66. The van der Waals surface area contributed by atoms with Crippen LogP contribution in [0, 0.1) is 5.92 Å². The Kier molecular flexibility index (Phi) is 4.10. The Balaban J connectivity index is 1.66. The Morgan fingerprint density at radius 1 is 1.15 bits per heavy atom. The van der Waals surface area contributed by atoms with Crippen LogP contribution in [-0.4, -0.2) is 49.4 Å². The van der Waals surface area contributed by atoms with Crippen LogP contribution in [0.25, 0.3) is 10.8 Å². The van der Waals surface area contributed by atoms with Gasteiger partial charge in [0.15, 0.2) is 0 Å². The standard InChI is InChI=1S/C19H20N2O5S/c1-12-8-9-14(19(23)24)10-20(12)17(22)11-21-15-6-2-4-13-5-3-7-16(18(13)15)27(21,25)26/h2-7,12,14H,8-11H2,1H3,(H,23,24). The van der Waals surface area contributed by atoms with Gasteiger partial charge in [0, 0.05) is 18.0 Å². The zero-order valence-electron chi connectivity index (χ0n) is 14.8. The van der Waals surface area contributed by atoms with Gasteiger partial charge < -0.3 is 10.0 Å². The molecule has 2 aromatic rings. The van der Waals surface area contributed by atoms with E-state index >= 15 is 0 Å². The van der Waals surface area contributed by atoms with Crippen LogP contribution in [0.3, 0.4) is 0 Å². The minimum Gasteiger partial charge on any atom is -0.481 e. The summed E-state index contributed by atoms with van der Waals surface area (Å²) < 4.78 is 27.1. The molecule has 2 aliphatic rings. The predicted octanol–water partition coefficient (Wildman–Crippen LogP) is 2.06. The fourth-order valence-electron chi connectivity index (χ4n) is 4.00. The van der Waals surface area contributed by atoms with E-state index < -0.39 is 21.9 Å². The van der Waals surface area contributed by atoms with Crippen molar-refractivity contribution >= 4 is 38.4 Å². The molecule has 0 saturated carbocycles. The van der Waals surface area contributed by atoms with Crippen LogP contribution in [-0.2, 0) is 19.6 Å². The maximum Gasteiger partial charge on any atom is 0.308 e. The molecular weight excluding hydrogens is 368 g/mol. The van der Waals surface area contributed by atoms with Crippen molar-refractivity contribution in [3.8, 4) is 0 Å². The molecule has 8 heteroatoms. The molecule has 0 aromatic heterocycles. The van der Waals surface area contributed by atoms with E-state index in [1.165, 1.54) is 4.90 Å². The summed E-state index contributed by atoms with van der Waals surface area (Å²) in [6.45, 7) is 1.65. The first-order valence-electron chi connectivity index (χ1n) is 8.87. The van der Waals surface area contributed by atoms with Crippen LogP contribution in [0.15, 0.2) is 41.3 Å². The van der Waals surface area contributed by atoms with E-state index in [-0.39, 0.29) is 29.9 Å². The van der Waals surface area contributed by atoms with Gasteiger partial charge in [-0.1, -0.05) is 24.3 Å². The maximum absolute atomic E-state index is 13.0. The average Bonchev–Trinajstić information content (AvgIpc) is 2.85. The third kappa shape index (κ3) is 2.75. The summed E-state index contributed by atoms with van der Waals surface area (Å²) in [5, 5.41) is 10.7. The summed E-state index contributed by atoms with van der Waals surface area (Å²) in [4.78, 5) is 25.9. The number of amides is 1. The van der Waals surface area contributed by atoms with Gasteiger partial charge >= 0.3 is 5.97 Å². The fraction of sp³-hybridized carbons (Fsp3) is 0.368. The number of carbonyl (C=O) groups excluding carboxylic acids is 1. The molecule has 1 fully saturated rings. The molecule has 27 heavy (non-hydrogen) atoms. The zero-order valence-corrected chi connectivity index (χ0v) is 15.6. The molecule has 0 spiro atoms. The van der Waals surface area contributed by atoms with Crippen LogP contribution in [0.1, 0.15) is 19.8 Å². The average molecular weight is 388 g/mol. The van der Waals surface area contributed by atoms with Crippen molar-refractivity contribution in [2.45, 2.75) is 30.7 Å². The Labute approximate surface area is 157 Å². The second-order valence-corrected chi connectivity index (χ2v) is 8.98. The van der Waals surface area contributed by atoms with Crippen molar-refractivity contribution in [1.29, 1.82) is 0 Å². The number of hydrogen-bond donors (Lipinski definition) is 1. The highest BCUT2D eigenvalue weighted by atomic mass is 32.2. The van der Waals surface area contributed by atoms with Crippen LogP contribution in [0.4, 0.5) is 5.69 Å². The highest BCUT2D eigenvalue weighted by molar-refractivity contribution is 7.93. The van der Waals surface area contributed by atoms with E-state index in [2.05, 4.69) is 0 Å². The lowest BCUT2D eigenvalue weighted by atomic mass is 9.93. The number of nitrogens with zero attached hydrogens (tertiary/aromatic N) is 2. The lowest BCUT2D eigenvalue weighted by Gasteiger charge is -2.37. The number of hydrogen-bond acceptors (Lipinski definition) is 4. The van der Waals surface area contributed by atoms with Gasteiger partial charge in [-0.3, -0.25) is 13.9 Å². The summed E-state index contributed by atoms with van der Waals surface area (Å²) in [6.07, 6.45) is 1.11. The van der Waals surface area contributed by atoms with E-state index in [9.17, 15) is 23.1 Å². The molecule has 2 unspecified atom stereocenters. The molecule has 2 heterocycles. The van der Waals surface area contributed by atoms with Gasteiger partial charge in [0.2, 0.25) is 5.91 Å². The van der Waals surface area contributed by atoms with E-state index in [1.807, 2.05) is 19.1 Å². The van der Waals surface area contributed by atoms with Gasteiger partial charge in [0.1, 0.15) is 6.54 Å². The molecule has 0 bridgehead atoms. The number of sulfonamides is 1. The van der Waals surface area contributed by atoms with Crippen molar-refractivity contribution in [3.63, 3.8) is 0 Å². The Bertz CT molecular complexity index is 1040. The number of rotatable bonds is 3. The maximum atomic E-state index is 13.0. The van der Waals surface area contributed by atoms with Crippen LogP contribution < -0.4 is 4.31 Å². The summed E-state index contributed by atoms with van der Waals surface area (Å²) >= 11 is 0. The monoisotopic (exact) mass is 388 g/mol. The summed E-state index contributed by atoms with van der Waals surface area (Å²) in [5.74, 6) is -1.91. The summed E-state index contributed by atoms with van der Waals surface area (Å²) in [6, 6.07) is 10.3. The molecule has 1 amide bonds. The number of carbonyl (C=O) groups is 2. The van der Waals surface area contributed by atoms with Crippen molar-refractivity contribution in [2.24, 2.45) is 5.92 Å². The molecular formula is C19H20N2O5S. The number of carboxylic acids is 1. The second-order valence-electron chi connectivity index (χ2n) is 7.15. The van der Waals surface area contributed by atoms with Crippen molar-refractivity contribution < 1.29 is 23.1 Å². The van der Waals surface area contributed by atoms with Crippen LogP contribution >= 0.6 is 0 Å². The normalized spacial score (nSPS) is 23.6. The molecule has 142 valence electrons. The van der Waals surface area contributed by atoms with Gasteiger partial charge in [-0.05, 0) is 37.3 Å². The minimum absolute atomic E-state index is 0.111. The number of piperidine rings is 1. The first kappa shape index (κ1) is 17.8. The molecule has 0 radical (unpaired) electrons. The number of benzene rings is 2. The molecule has 0 aliphatic carbocycles. The molecule has 1 saturated heterocycles. The smallest absolute Gasteiger partial charge is 0.308 e. The Morgan fingerprint density at radius 2 is 1.85 bits per heavy atom. The molecule has 1 N–H and O–H groups in total. The minimum atomic E-state index is -3.81. The van der Waals surface area contributed by atoms with E-state index in [1.54, 1.807) is 24.3 Å². The van der Waals surface area contributed by atoms with Gasteiger partial charge in [-0.25, -0.2) is 8.42 Å². The topological polar surface area (TPSA) is 95.0 Å². The van der Waals surface area contributed by atoms with Crippen molar-refractivity contribution in [3.05, 3.63) is 36.4 Å². The number of likely N-dealkylation sites (tertiary alicyclic amines) is 1. The van der Waals surface area contributed by atoms with Gasteiger partial charge in [0.05, 0.1) is 16.5 Å². The SMILES string of the molecule is CC1CCC(C(=O)O)CN1C(=O)CN1c2cccc3cccc(c23)S1(=O)=O. The quantitative estimate of drug-likeness (QED) is 0.868.